The first kappa shape index (κ1) is 25.5. The van der Waals surface area contributed by atoms with Gasteiger partial charge in [0.05, 0.1) is 6.10 Å². The Kier molecular flexibility index (Phi) is 11.1. The van der Waals surface area contributed by atoms with Crippen LogP contribution in [0, 0.1) is 11.3 Å². The minimum atomic E-state index is 0. The highest BCUT2D eigenvalue weighted by Gasteiger charge is 2.35. The first-order valence-electron chi connectivity index (χ1n) is 10.6. The zero-order chi connectivity index (χ0) is 19.9. The molecule has 1 saturated heterocycles. The number of nitrogens with one attached hydrogen (secondary N) is 2. The minimum Gasteiger partial charge on any atom is -0.377 e. The summed E-state index contributed by atoms with van der Waals surface area (Å²) in [6.45, 7) is 8.62. The Labute approximate surface area is 188 Å². The van der Waals surface area contributed by atoms with Gasteiger partial charge in [0.1, 0.15) is 6.54 Å². The molecule has 0 spiro atoms. The topological polar surface area (TPSA) is 66.0 Å². The van der Waals surface area contributed by atoms with Crippen LogP contribution in [0.25, 0.3) is 0 Å². The van der Waals surface area contributed by atoms with Crippen LogP contribution in [-0.2, 0) is 9.53 Å². The van der Waals surface area contributed by atoms with Crippen molar-refractivity contribution < 1.29 is 9.53 Å². The van der Waals surface area contributed by atoms with Crippen LogP contribution in [0.3, 0.4) is 0 Å². The van der Waals surface area contributed by atoms with Crippen molar-refractivity contribution in [2.24, 2.45) is 16.3 Å². The molecule has 0 aromatic carbocycles. The molecular weight excluding hydrogens is 467 g/mol. The zero-order valence-corrected chi connectivity index (χ0v) is 20.8. The molecule has 164 valence electrons. The zero-order valence-electron chi connectivity index (χ0n) is 18.4. The van der Waals surface area contributed by atoms with Crippen molar-refractivity contribution in [1.82, 2.24) is 15.5 Å². The van der Waals surface area contributed by atoms with Gasteiger partial charge < -0.3 is 20.3 Å². The summed E-state index contributed by atoms with van der Waals surface area (Å²) in [7, 11) is 3.54. The number of likely N-dealkylation sites (N-methyl/N-ethyl adjacent to an activating group) is 1. The van der Waals surface area contributed by atoms with E-state index in [-0.39, 0.29) is 47.9 Å². The molecule has 0 bridgehead atoms. The van der Waals surface area contributed by atoms with Crippen molar-refractivity contribution in [1.29, 1.82) is 0 Å². The van der Waals surface area contributed by atoms with Crippen molar-refractivity contribution in [3.8, 4) is 0 Å². The van der Waals surface area contributed by atoms with Gasteiger partial charge in [0, 0.05) is 39.2 Å². The fourth-order valence-corrected chi connectivity index (χ4v) is 4.12. The van der Waals surface area contributed by atoms with E-state index in [2.05, 4.69) is 36.4 Å². The highest BCUT2D eigenvalue weighted by molar-refractivity contribution is 14.0. The lowest BCUT2D eigenvalue weighted by atomic mass is 9.78. The second kappa shape index (κ2) is 12.2. The molecule has 1 amide bonds. The molecule has 7 heteroatoms. The average molecular weight is 508 g/mol. The van der Waals surface area contributed by atoms with E-state index in [0.717, 1.165) is 25.5 Å². The predicted octanol–water partition coefficient (Wildman–Crippen LogP) is 3.40. The van der Waals surface area contributed by atoms with Gasteiger partial charge in [-0.2, -0.15) is 0 Å². The van der Waals surface area contributed by atoms with Gasteiger partial charge in [0.2, 0.25) is 5.91 Å². The lowest BCUT2D eigenvalue weighted by Gasteiger charge is -2.40. The Bertz CT molecular complexity index is 499. The highest BCUT2D eigenvalue weighted by atomic mass is 127. The SMILES string of the molecule is CN(C)C(=O)CN=C(NCC1CCCOC1C(C)(C)C)NC1CCCCC1.I. The lowest BCUT2D eigenvalue weighted by molar-refractivity contribution is -0.127. The number of hydrogen-bond donors (Lipinski definition) is 2. The molecule has 0 aromatic heterocycles. The number of ether oxygens (including phenoxy) is 1. The fourth-order valence-electron chi connectivity index (χ4n) is 4.12. The van der Waals surface area contributed by atoms with Gasteiger partial charge >= 0.3 is 0 Å². The summed E-state index contributed by atoms with van der Waals surface area (Å²) in [5, 5.41) is 7.09. The Morgan fingerprint density at radius 2 is 1.79 bits per heavy atom. The summed E-state index contributed by atoms with van der Waals surface area (Å²) in [5.74, 6) is 1.25. The quantitative estimate of drug-likeness (QED) is 0.340. The molecule has 1 saturated carbocycles. The third-order valence-electron chi connectivity index (χ3n) is 5.65. The molecule has 1 heterocycles. The van der Waals surface area contributed by atoms with Crippen LogP contribution in [0.2, 0.25) is 0 Å². The average Bonchev–Trinajstić information content (AvgIpc) is 2.63. The molecule has 2 unspecified atom stereocenters. The number of carbonyl (C=O) groups is 1. The maximum absolute atomic E-state index is 12.0. The molecule has 6 nitrogen and oxygen atoms in total. The normalized spacial score (nSPS) is 24.2. The number of nitrogens with zero attached hydrogens (tertiary/aromatic N) is 2. The van der Waals surface area contributed by atoms with E-state index in [4.69, 9.17) is 4.74 Å². The van der Waals surface area contributed by atoms with Crippen molar-refractivity contribution in [3.63, 3.8) is 0 Å². The van der Waals surface area contributed by atoms with E-state index >= 15 is 0 Å². The van der Waals surface area contributed by atoms with E-state index in [0.29, 0.717) is 12.0 Å². The molecule has 28 heavy (non-hydrogen) atoms. The van der Waals surface area contributed by atoms with E-state index in [1.165, 1.54) is 38.5 Å². The van der Waals surface area contributed by atoms with Crippen molar-refractivity contribution in [2.75, 3.05) is 33.8 Å². The van der Waals surface area contributed by atoms with Gasteiger partial charge in [-0.05, 0) is 31.1 Å². The number of halogens is 1. The number of carbonyl (C=O) groups excluding carboxylic acids is 1. The van der Waals surface area contributed by atoms with Gasteiger partial charge in [-0.15, -0.1) is 24.0 Å². The van der Waals surface area contributed by atoms with E-state index in [1.807, 2.05) is 0 Å². The van der Waals surface area contributed by atoms with E-state index in [1.54, 1.807) is 19.0 Å². The lowest BCUT2D eigenvalue weighted by Crippen LogP contribution is -2.50. The Morgan fingerprint density at radius 1 is 1.11 bits per heavy atom. The van der Waals surface area contributed by atoms with Crippen LogP contribution in [-0.4, -0.2) is 62.7 Å². The van der Waals surface area contributed by atoms with Gasteiger partial charge in [-0.25, -0.2) is 4.99 Å². The van der Waals surface area contributed by atoms with E-state index < -0.39 is 0 Å². The predicted molar refractivity (Wildman–Crippen MR) is 126 cm³/mol. The van der Waals surface area contributed by atoms with Crippen LogP contribution >= 0.6 is 24.0 Å². The monoisotopic (exact) mass is 508 g/mol. The number of guanidine groups is 1. The summed E-state index contributed by atoms with van der Waals surface area (Å²) >= 11 is 0. The summed E-state index contributed by atoms with van der Waals surface area (Å²) in [4.78, 5) is 18.1. The standard InChI is InChI=1S/C21H40N4O2.HI/c1-21(2,3)19-16(10-9-13-27-19)14-22-20(23-15-18(26)25(4)5)24-17-11-7-6-8-12-17;/h16-17,19H,6-15H2,1-5H3,(H2,22,23,24);1H. The third-order valence-corrected chi connectivity index (χ3v) is 5.65. The minimum absolute atomic E-state index is 0. The van der Waals surface area contributed by atoms with E-state index in [9.17, 15) is 4.79 Å². The Balaban J connectivity index is 0.00000392. The molecule has 2 rings (SSSR count). The number of rotatable bonds is 5. The summed E-state index contributed by atoms with van der Waals surface area (Å²) in [6, 6.07) is 0.459. The molecule has 2 atom stereocenters. The van der Waals surface area contributed by atoms with Crippen molar-refractivity contribution in [3.05, 3.63) is 0 Å². The highest BCUT2D eigenvalue weighted by Crippen LogP contribution is 2.33. The molecule has 0 radical (unpaired) electrons. The molecule has 2 aliphatic rings. The first-order chi connectivity index (χ1) is 12.8. The second-order valence-electron chi connectivity index (χ2n) is 9.37. The largest absolute Gasteiger partial charge is 0.377 e. The molecular formula is C21H41IN4O2. The van der Waals surface area contributed by atoms with Crippen LogP contribution < -0.4 is 10.6 Å². The number of amides is 1. The Hall–Kier alpha value is -0.570. The number of hydrogen-bond acceptors (Lipinski definition) is 3. The summed E-state index contributed by atoms with van der Waals surface area (Å²) < 4.78 is 6.11. The van der Waals surface area contributed by atoms with Crippen LogP contribution in [0.5, 0.6) is 0 Å². The van der Waals surface area contributed by atoms with Crippen molar-refractivity contribution >= 4 is 35.8 Å². The molecule has 1 aliphatic carbocycles. The fraction of sp³-hybridized carbons (Fsp3) is 0.905. The summed E-state index contributed by atoms with van der Waals surface area (Å²) in [5.41, 5.74) is 0.127. The maximum Gasteiger partial charge on any atom is 0.243 e. The van der Waals surface area contributed by atoms with Gasteiger partial charge in [-0.1, -0.05) is 40.0 Å². The van der Waals surface area contributed by atoms with Gasteiger partial charge in [-0.3, -0.25) is 4.79 Å². The Morgan fingerprint density at radius 3 is 2.39 bits per heavy atom. The molecule has 2 fully saturated rings. The van der Waals surface area contributed by atoms with Gasteiger partial charge in [0.15, 0.2) is 5.96 Å². The van der Waals surface area contributed by atoms with Crippen LogP contribution in [0.4, 0.5) is 0 Å². The van der Waals surface area contributed by atoms with Crippen molar-refractivity contribution in [2.45, 2.75) is 77.9 Å². The molecule has 0 aromatic rings. The first-order valence-corrected chi connectivity index (χ1v) is 10.6. The molecule has 2 N–H and O–H groups in total. The maximum atomic E-state index is 12.0. The van der Waals surface area contributed by atoms with Crippen LogP contribution in [0.1, 0.15) is 65.7 Å². The molecule has 1 aliphatic heterocycles. The summed E-state index contributed by atoms with van der Waals surface area (Å²) in [6.07, 6.45) is 8.75. The number of aliphatic imine (C=N–C) groups is 1. The smallest absolute Gasteiger partial charge is 0.243 e. The van der Waals surface area contributed by atoms with Gasteiger partial charge in [0.25, 0.3) is 0 Å². The third kappa shape index (κ3) is 8.43. The van der Waals surface area contributed by atoms with Crippen LogP contribution in [0.15, 0.2) is 4.99 Å². The second-order valence-corrected chi connectivity index (χ2v) is 9.37.